The predicted octanol–water partition coefficient (Wildman–Crippen LogP) is 3.18. The fourth-order valence-corrected chi connectivity index (χ4v) is 41.8. The van der Waals surface area contributed by atoms with Crippen LogP contribution in [0.2, 0.25) is 0 Å². The van der Waals surface area contributed by atoms with Crippen LogP contribution in [0.5, 0.6) is 0 Å². The molecule has 0 saturated carbocycles. The van der Waals surface area contributed by atoms with E-state index in [1.54, 1.807) is 111 Å². The van der Waals surface area contributed by atoms with Crippen molar-refractivity contribution in [1.29, 1.82) is 0 Å². The van der Waals surface area contributed by atoms with E-state index in [9.17, 15) is 0 Å². The second-order valence-corrected chi connectivity index (χ2v) is 34.7. The van der Waals surface area contributed by atoms with Gasteiger partial charge in [0.05, 0.1) is 0 Å². The van der Waals surface area contributed by atoms with Gasteiger partial charge >= 0.3 is 72.1 Å². The van der Waals surface area contributed by atoms with E-state index in [-0.39, 0.29) is 0 Å². The Morgan fingerprint density at radius 1 is 0.264 bits per heavy atom. The third-order valence-corrected chi connectivity index (χ3v) is 36.2. The first kappa shape index (κ1) is 45.0. The number of rotatable bonds is 16. The summed E-state index contributed by atoms with van der Waals surface area (Å²) in [4.78, 5) is 0. The maximum Gasteiger partial charge on any atom is 0.668 e. The van der Waals surface area contributed by atoms with Gasteiger partial charge < -0.3 is 85.1 Å². The quantitative estimate of drug-likeness (QED) is 0.206. The lowest BCUT2D eigenvalue weighted by Gasteiger charge is -2.55. The summed E-state index contributed by atoms with van der Waals surface area (Å²) >= 11 is 0. The molecule has 20 nitrogen and oxygen atoms in total. The molecule has 8 bridgehead atoms. The third-order valence-electron chi connectivity index (χ3n) is 6.31. The molecular weight excluding hydrogens is 845 g/mol. The molecule has 310 valence electrons. The Kier molecular flexibility index (Phi) is 13.7. The second-order valence-electron chi connectivity index (χ2n) is 14.9. The standard InChI is InChI=1S/C25H58O20Si8/c1-18(2)27-46-17-26-47(28-19(3)4)37-50(31-22(9)10)39-48(35-46,29-20(5)6)41-52(33-24(13)14)42-49(36-46,30-21(7)8)40-51(38-47,32-23(11)12)44-53(43-50,45-52)34-25(15)16/h18-25H,17H2,1-16H3/t46-,47?,48+,49?,50?,51+,52-,53+/m0/s1. The van der Waals surface area contributed by atoms with E-state index in [1.807, 2.05) is 0 Å². The van der Waals surface area contributed by atoms with E-state index < -0.39 is 127 Å². The van der Waals surface area contributed by atoms with E-state index in [0.29, 0.717) is 0 Å². The predicted molar refractivity (Wildman–Crippen MR) is 194 cm³/mol. The van der Waals surface area contributed by atoms with Gasteiger partial charge in [-0.2, -0.15) is 0 Å². The van der Waals surface area contributed by atoms with Crippen molar-refractivity contribution >= 4 is 72.1 Å². The minimum absolute atomic E-state index is 0.486. The molecule has 6 aliphatic heterocycles. The van der Waals surface area contributed by atoms with Crippen LogP contribution in [0.25, 0.3) is 0 Å². The van der Waals surface area contributed by atoms with Crippen LogP contribution in [0, 0.1) is 0 Å². The fourth-order valence-electron chi connectivity index (χ4n) is 5.45. The van der Waals surface area contributed by atoms with Gasteiger partial charge in [-0.1, -0.05) is 0 Å². The average Bonchev–Trinajstić information content (AvgIpc) is 2.91. The van der Waals surface area contributed by atoms with Crippen molar-refractivity contribution in [2.45, 2.75) is 160 Å². The topological polar surface area (TPSA) is 185 Å². The van der Waals surface area contributed by atoms with E-state index >= 15 is 0 Å². The van der Waals surface area contributed by atoms with Crippen molar-refractivity contribution in [1.82, 2.24) is 0 Å². The highest BCUT2D eigenvalue weighted by Crippen LogP contribution is 2.49. The summed E-state index contributed by atoms with van der Waals surface area (Å²) in [5, 5.41) is 0. The summed E-state index contributed by atoms with van der Waals surface area (Å²) < 4.78 is 136. The monoisotopic (exact) mass is 902 g/mol. The molecule has 6 saturated heterocycles. The molecule has 0 amide bonds. The zero-order valence-electron chi connectivity index (χ0n) is 33.5. The van der Waals surface area contributed by atoms with Gasteiger partial charge in [0, 0.05) is 48.8 Å². The molecule has 6 rings (SSSR count). The SMILES string of the molecule is CC(C)O[Si]12OC[Si@@]3(OC(C)C)O[Si]4(OC(C)C)O[Si@@](OC(C)C)(O1)O[Si@@]1(OC(C)C)O[Si](OC(C)C)(O2)O[Si@@](OC(C)C)(O3)O[Si@@](OC(C)C)(O4)O1. The molecule has 28 heteroatoms. The lowest BCUT2D eigenvalue weighted by atomic mass is 10.5. The van der Waals surface area contributed by atoms with Crippen LogP contribution in [0.15, 0.2) is 0 Å². The Balaban J connectivity index is 1.99. The molecule has 0 aromatic heterocycles. The van der Waals surface area contributed by atoms with Crippen LogP contribution in [-0.4, -0.2) is 127 Å². The van der Waals surface area contributed by atoms with Crippen LogP contribution in [0.4, 0.5) is 0 Å². The first-order valence-corrected chi connectivity index (χ1v) is 31.5. The molecule has 53 heavy (non-hydrogen) atoms. The molecule has 0 aromatic carbocycles. The summed E-state index contributed by atoms with van der Waals surface area (Å²) in [7, 11) is -38.9. The van der Waals surface area contributed by atoms with Gasteiger partial charge in [0.1, 0.15) is 6.23 Å². The molecule has 6 fully saturated rings. The third kappa shape index (κ3) is 10.6. The Morgan fingerprint density at radius 2 is 0.453 bits per heavy atom. The Bertz CT molecular complexity index is 1120. The molecular formula is C25H58O20Si8. The molecule has 0 radical (unpaired) electrons. The minimum Gasteiger partial charge on any atom is -0.370 e. The summed E-state index contributed by atoms with van der Waals surface area (Å²) in [6, 6.07) is 0. The summed E-state index contributed by atoms with van der Waals surface area (Å²) in [5.74, 6) is 0. The molecule has 0 N–H and O–H groups in total. The highest BCUT2D eigenvalue weighted by atomic mass is 28.6. The van der Waals surface area contributed by atoms with E-state index in [2.05, 4.69) is 0 Å². The van der Waals surface area contributed by atoms with Crippen LogP contribution >= 0.6 is 0 Å². The minimum atomic E-state index is -4.96. The molecule has 6 heterocycles. The maximum absolute atomic E-state index is 7.03. The zero-order chi connectivity index (χ0) is 39.5. The Labute approximate surface area is 322 Å². The molecule has 0 aliphatic carbocycles. The van der Waals surface area contributed by atoms with Gasteiger partial charge in [-0.3, -0.25) is 0 Å². The summed E-state index contributed by atoms with van der Waals surface area (Å²) in [6.07, 6.45) is -5.40. The second kappa shape index (κ2) is 16.2. The lowest BCUT2D eigenvalue weighted by Crippen LogP contribution is -2.87. The normalized spacial score (nSPS) is 41.7. The fraction of sp³-hybridized carbons (Fsp3) is 1.00. The van der Waals surface area contributed by atoms with E-state index in [4.69, 9.17) is 85.1 Å². The number of hydrogen-bond acceptors (Lipinski definition) is 20. The summed E-state index contributed by atoms with van der Waals surface area (Å²) in [6.45, 7) is 28.1. The van der Waals surface area contributed by atoms with E-state index in [1.165, 1.54) is 0 Å². The highest BCUT2D eigenvalue weighted by Gasteiger charge is 2.89. The van der Waals surface area contributed by atoms with Crippen molar-refractivity contribution in [2.75, 3.05) is 6.23 Å². The van der Waals surface area contributed by atoms with Crippen molar-refractivity contribution in [3.05, 3.63) is 0 Å². The van der Waals surface area contributed by atoms with Gasteiger partial charge in [-0.05, 0) is 111 Å². The number of hydrogen-bond donors (Lipinski definition) is 0. The van der Waals surface area contributed by atoms with Gasteiger partial charge in [-0.15, -0.1) is 0 Å². The van der Waals surface area contributed by atoms with Gasteiger partial charge in [0.15, 0.2) is 0 Å². The number of fused-ring (bicyclic) bond motifs is 1. The molecule has 0 spiro atoms. The molecule has 3 unspecified atom stereocenters. The van der Waals surface area contributed by atoms with Crippen LogP contribution < -0.4 is 0 Å². The van der Waals surface area contributed by atoms with Crippen LogP contribution in [0.3, 0.4) is 0 Å². The van der Waals surface area contributed by atoms with Crippen LogP contribution in [-0.2, 0) is 85.1 Å². The van der Waals surface area contributed by atoms with Crippen molar-refractivity contribution in [3.8, 4) is 0 Å². The van der Waals surface area contributed by atoms with Gasteiger partial charge in [-0.25, -0.2) is 0 Å². The van der Waals surface area contributed by atoms with Crippen molar-refractivity contribution < 1.29 is 85.1 Å². The van der Waals surface area contributed by atoms with Gasteiger partial charge in [0.25, 0.3) is 0 Å². The molecule has 8 atom stereocenters. The van der Waals surface area contributed by atoms with Crippen molar-refractivity contribution in [2.24, 2.45) is 0 Å². The first-order chi connectivity index (χ1) is 24.3. The smallest absolute Gasteiger partial charge is 0.370 e. The largest absolute Gasteiger partial charge is 0.668 e. The van der Waals surface area contributed by atoms with Crippen molar-refractivity contribution in [3.63, 3.8) is 0 Å². The Hall–Kier alpha value is 0.935. The maximum atomic E-state index is 7.03. The zero-order valence-corrected chi connectivity index (χ0v) is 41.5. The average molecular weight is 903 g/mol. The summed E-state index contributed by atoms with van der Waals surface area (Å²) in [5.41, 5.74) is 0. The first-order valence-electron chi connectivity index (χ1n) is 18.1. The molecule has 6 aliphatic rings. The van der Waals surface area contributed by atoms with E-state index in [0.717, 1.165) is 0 Å². The van der Waals surface area contributed by atoms with Gasteiger partial charge in [0.2, 0.25) is 0 Å². The lowest BCUT2D eigenvalue weighted by molar-refractivity contribution is -0.152. The Morgan fingerprint density at radius 3 is 0.679 bits per heavy atom. The molecule has 0 aromatic rings. The van der Waals surface area contributed by atoms with Crippen LogP contribution in [0.1, 0.15) is 111 Å². The highest BCUT2D eigenvalue weighted by molar-refractivity contribution is 6.96.